The van der Waals surface area contributed by atoms with Crippen LogP contribution in [0.1, 0.15) is 15.6 Å². The predicted octanol–water partition coefficient (Wildman–Crippen LogP) is 1.26. The zero-order valence-electron chi connectivity index (χ0n) is 6.35. The van der Waals surface area contributed by atoms with Crippen LogP contribution in [0, 0.1) is 13.8 Å². The monoisotopic (exact) mass is 156 g/mol. The summed E-state index contributed by atoms with van der Waals surface area (Å²) in [4.78, 5) is 5.65. The van der Waals surface area contributed by atoms with E-state index in [0.717, 1.165) is 17.1 Å². The van der Waals surface area contributed by atoms with Gasteiger partial charge in [0.25, 0.3) is 0 Å². The van der Waals surface area contributed by atoms with Crippen LogP contribution in [0.2, 0.25) is 0 Å². The summed E-state index contributed by atoms with van der Waals surface area (Å²) in [5.41, 5.74) is 6.53. The average molecular weight is 156 g/mol. The molecule has 1 heterocycles. The molecule has 0 aromatic carbocycles. The second-order valence-electron chi connectivity index (χ2n) is 2.29. The van der Waals surface area contributed by atoms with Gasteiger partial charge in [-0.25, -0.2) is 4.98 Å². The Balaban J connectivity index is 2.77. The summed E-state index contributed by atoms with van der Waals surface area (Å²) in [5.74, 6) is 0. The average Bonchev–Trinajstić information content (AvgIpc) is 2.14. The molecule has 1 aromatic rings. The highest BCUT2D eigenvalue weighted by atomic mass is 32.1. The van der Waals surface area contributed by atoms with Gasteiger partial charge in [-0.3, -0.25) is 0 Å². The van der Waals surface area contributed by atoms with Gasteiger partial charge in [0, 0.05) is 11.3 Å². The van der Waals surface area contributed by atoms with Crippen molar-refractivity contribution in [3.8, 4) is 0 Å². The van der Waals surface area contributed by atoms with Crippen LogP contribution in [-0.2, 0) is 6.42 Å². The van der Waals surface area contributed by atoms with Crippen LogP contribution < -0.4 is 5.73 Å². The topological polar surface area (TPSA) is 38.9 Å². The number of thiazole rings is 1. The second-order valence-corrected chi connectivity index (χ2v) is 3.58. The second kappa shape index (κ2) is 3.12. The number of rotatable bonds is 2. The van der Waals surface area contributed by atoms with Gasteiger partial charge in [0.15, 0.2) is 0 Å². The minimum atomic E-state index is 0.701. The van der Waals surface area contributed by atoms with Crippen LogP contribution >= 0.6 is 11.3 Å². The Bertz CT molecular complexity index is 198. The van der Waals surface area contributed by atoms with Gasteiger partial charge in [-0.2, -0.15) is 0 Å². The van der Waals surface area contributed by atoms with E-state index in [1.165, 1.54) is 4.88 Å². The lowest BCUT2D eigenvalue weighted by Gasteiger charge is -1.85. The number of hydrogen-bond donors (Lipinski definition) is 1. The highest BCUT2D eigenvalue weighted by Gasteiger charge is 2.00. The first-order chi connectivity index (χ1) is 4.74. The normalized spacial score (nSPS) is 10.3. The van der Waals surface area contributed by atoms with E-state index in [9.17, 15) is 0 Å². The molecule has 10 heavy (non-hydrogen) atoms. The third kappa shape index (κ3) is 1.55. The van der Waals surface area contributed by atoms with Crippen LogP contribution in [0.25, 0.3) is 0 Å². The number of aryl methyl sites for hydroxylation is 2. The Labute approximate surface area is 65.1 Å². The number of nitrogens with zero attached hydrogens (tertiary/aromatic N) is 1. The highest BCUT2D eigenvalue weighted by Crippen LogP contribution is 2.15. The van der Waals surface area contributed by atoms with Crippen LogP contribution in [0.4, 0.5) is 0 Å². The van der Waals surface area contributed by atoms with E-state index in [4.69, 9.17) is 5.73 Å². The minimum absolute atomic E-state index is 0.701. The molecule has 0 aliphatic heterocycles. The molecule has 0 spiro atoms. The van der Waals surface area contributed by atoms with Crippen LogP contribution in [0.3, 0.4) is 0 Å². The standard InChI is InChI=1S/C7H12N2S/c1-5-6(2)10-7(9-5)3-4-8/h3-4,8H2,1-2H3. The van der Waals surface area contributed by atoms with Gasteiger partial charge >= 0.3 is 0 Å². The Morgan fingerprint density at radius 3 is 2.60 bits per heavy atom. The Kier molecular flexibility index (Phi) is 2.40. The SMILES string of the molecule is Cc1nc(CCN)sc1C. The molecule has 0 radical (unpaired) electrons. The molecular weight excluding hydrogens is 144 g/mol. The van der Waals surface area contributed by atoms with Crippen LogP contribution in [-0.4, -0.2) is 11.5 Å². The zero-order valence-corrected chi connectivity index (χ0v) is 7.16. The summed E-state index contributed by atoms with van der Waals surface area (Å²) in [6.07, 6.45) is 0.916. The van der Waals surface area contributed by atoms with Crippen molar-refractivity contribution < 1.29 is 0 Å². The molecule has 0 atom stereocenters. The van der Waals surface area contributed by atoms with Gasteiger partial charge in [-0.15, -0.1) is 11.3 Å². The number of hydrogen-bond acceptors (Lipinski definition) is 3. The largest absolute Gasteiger partial charge is 0.330 e. The maximum atomic E-state index is 5.39. The summed E-state index contributed by atoms with van der Waals surface area (Å²) >= 11 is 1.75. The molecule has 1 aromatic heterocycles. The van der Waals surface area contributed by atoms with E-state index in [1.54, 1.807) is 11.3 Å². The van der Waals surface area contributed by atoms with E-state index in [0.29, 0.717) is 6.54 Å². The van der Waals surface area contributed by atoms with E-state index in [2.05, 4.69) is 11.9 Å². The lowest BCUT2D eigenvalue weighted by atomic mass is 10.4. The molecule has 0 amide bonds. The zero-order chi connectivity index (χ0) is 7.56. The molecule has 0 saturated carbocycles. The van der Waals surface area contributed by atoms with E-state index in [1.807, 2.05) is 6.92 Å². The third-order valence-corrected chi connectivity index (χ3v) is 2.56. The maximum Gasteiger partial charge on any atom is 0.0943 e. The van der Waals surface area contributed by atoms with Gasteiger partial charge in [-0.05, 0) is 20.4 Å². The first-order valence-corrected chi connectivity index (χ1v) is 4.18. The quantitative estimate of drug-likeness (QED) is 0.700. The van der Waals surface area contributed by atoms with Gasteiger partial charge in [0.05, 0.1) is 10.7 Å². The first kappa shape index (κ1) is 7.69. The van der Waals surface area contributed by atoms with Crippen molar-refractivity contribution in [3.05, 3.63) is 15.6 Å². The third-order valence-electron chi connectivity index (χ3n) is 1.43. The highest BCUT2D eigenvalue weighted by molar-refractivity contribution is 7.11. The fraction of sp³-hybridized carbons (Fsp3) is 0.571. The smallest absolute Gasteiger partial charge is 0.0943 e. The number of nitrogens with two attached hydrogens (primary N) is 1. The maximum absolute atomic E-state index is 5.39. The Morgan fingerprint density at radius 1 is 1.50 bits per heavy atom. The Hall–Kier alpha value is -0.410. The van der Waals surface area contributed by atoms with Crippen molar-refractivity contribution >= 4 is 11.3 Å². The molecular formula is C7H12N2S. The summed E-state index contributed by atoms with van der Waals surface area (Å²) < 4.78 is 0. The summed E-state index contributed by atoms with van der Waals surface area (Å²) in [5, 5.41) is 1.16. The molecule has 0 fully saturated rings. The Morgan fingerprint density at radius 2 is 2.20 bits per heavy atom. The van der Waals surface area contributed by atoms with E-state index in [-0.39, 0.29) is 0 Å². The first-order valence-electron chi connectivity index (χ1n) is 3.37. The van der Waals surface area contributed by atoms with Crippen molar-refractivity contribution in [3.63, 3.8) is 0 Å². The molecule has 56 valence electrons. The molecule has 0 unspecified atom stereocenters. The molecule has 1 rings (SSSR count). The molecule has 0 bridgehead atoms. The van der Waals surface area contributed by atoms with Gasteiger partial charge in [-0.1, -0.05) is 0 Å². The van der Waals surface area contributed by atoms with Crippen molar-refractivity contribution in [1.82, 2.24) is 4.98 Å². The molecule has 0 aliphatic rings. The van der Waals surface area contributed by atoms with Gasteiger partial charge in [0.1, 0.15) is 0 Å². The van der Waals surface area contributed by atoms with Crippen molar-refractivity contribution in [2.45, 2.75) is 20.3 Å². The lowest BCUT2D eigenvalue weighted by molar-refractivity contribution is 0.944. The fourth-order valence-electron chi connectivity index (χ4n) is 0.770. The summed E-state index contributed by atoms with van der Waals surface area (Å²) in [6, 6.07) is 0. The van der Waals surface area contributed by atoms with Crippen molar-refractivity contribution in [2.24, 2.45) is 5.73 Å². The number of aromatic nitrogens is 1. The summed E-state index contributed by atoms with van der Waals surface area (Å²) in [6.45, 7) is 4.82. The van der Waals surface area contributed by atoms with E-state index < -0.39 is 0 Å². The van der Waals surface area contributed by atoms with Gasteiger partial charge < -0.3 is 5.73 Å². The van der Waals surface area contributed by atoms with Crippen molar-refractivity contribution in [1.29, 1.82) is 0 Å². The summed E-state index contributed by atoms with van der Waals surface area (Å²) in [7, 11) is 0. The molecule has 2 nitrogen and oxygen atoms in total. The van der Waals surface area contributed by atoms with Crippen LogP contribution in [0.5, 0.6) is 0 Å². The predicted molar refractivity (Wildman–Crippen MR) is 44.3 cm³/mol. The van der Waals surface area contributed by atoms with Crippen molar-refractivity contribution in [2.75, 3.05) is 6.54 Å². The minimum Gasteiger partial charge on any atom is -0.330 e. The molecule has 2 N–H and O–H groups in total. The van der Waals surface area contributed by atoms with E-state index >= 15 is 0 Å². The van der Waals surface area contributed by atoms with Crippen LogP contribution in [0.15, 0.2) is 0 Å². The lowest BCUT2D eigenvalue weighted by Crippen LogP contribution is -2.01. The van der Waals surface area contributed by atoms with Gasteiger partial charge in [0.2, 0.25) is 0 Å². The molecule has 3 heteroatoms. The fourth-order valence-corrected chi connectivity index (χ4v) is 1.72. The molecule has 0 saturated heterocycles. The molecule has 0 aliphatic carbocycles.